The number of hydrogen-bond donors (Lipinski definition) is 1. The fraction of sp³-hybridized carbons (Fsp3) is 0.417. The van der Waals surface area contributed by atoms with Crippen LogP contribution in [0.5, 0.6) is 0 Å². The molecule has 0 amide bonds. The summed E-state index contributed by atoms with van der Waals surface area (Å²) < 4.78 is 5.47. The lowest BCUT2D eigenvalue weighted by molar-refractivity contribution is -0.143. The minimum Gasteiger partial charge on any atom is -0.481 e. The van der Waals surface area contributed by atoms with Gasteiger partial charge in [-0.1, -0.05) is 30.3 Å². The van der Waals surface area contributed by atoms with Crippen molar-refractivity contribution in [2.45, 2.75) is 20.0 Å². The molecule has 1 N–H and O–H groups in total. The minimum absolute atomic E-state index is 0.0620. The standard InChI is InChI=1S/C12H16O3/c1-9(12(13)14)8-15-10(2)11-6-4-3-5-7-11/h3-7,9-10H,8H2,1-2H3,(H,13,14). The van der Waals surface area contributed by atoms with Gasteiger partial charge in [0.05, 0.1) is 18.6 Å². The summed E-state index contributed by atoms with van der Waals surface area (Å²) in [7, 11) is 0. The predicted octanol–water partition coefficient (Wildman–Crippen LogP) is 2.48. The number of carboxylic acids is 1. The van der Waals surface area contributed by atoms with E-state index in [4.69, 9.17) is 9.84 Å². The van der Waals surface area contributed by atoms with Crippen LogP contribution in [0.2, 0.25) is 0 Å². The molecule has 0 aromatic heterocycles. The Balaban J connectivity index is 2.43. The summed E-state index contributed by atoms with van der Waals surface area (Å²) in [5.41, 5.74) is 1.06. The SMILES string of the molecule is CC(COC(C)c1ccccc1)C(=O)O. The molecular formula is C12H16O3. The highest BCUT2D eigenvalue weighted by molar-refractivity contribution is 5.69. The molecule has 0 bridgehead atoms. The Morgan fingerprint density at radius 3 is 2.47 bits per heavy atom. The highest BCUT2D eigenvalue weighted by Crippen LogP contribution is 2.16. The number of hydrogen-bond acceptors (Lipinski definition) is 2. The molecule has 3 heteroatoms. The summed E-state index contributed by atoms with van der Waals surface area (Å²) in [5, 5.41) is 8.69. The number of ether oxygens (including phenoxy) is 1. The molecule has 15 heavy (non-hydrogen) atoms. The molecule has 0 aliphatic carbocycles. The molecule has 0 radical (unpaired) electrons. The number of carboxylic acid groups (broad SMARTS) is 1. The average molecular weight is 208 g/mol. The van der Waals surface area contributed by atoms with Crippen molar-refractivity contribution in [3.8, 4) is 0 Å². The molecule has 1 rings (SSSR count). The molecule has 1 aromatic rings. The van der Waals surface area contributed by atoms with Crippen LogP contribution in [0.1, 0.15) is 25.5 Å². The normalized spacial score (nSPS) is 14.5. The Kier molecular flexibility index (Phi) is 4.31. The van der Waals surface area contributed by atoms with E-state index >= 15 is 0 Å². The first-order valence-electron chi connectivity index (χ1n) is 5.00. The Labute approximate surface area is 89.7 Å². The summed E-state index contributed by atoms with van der Waals surface area (Å²) in [6.07, 6.45) is -0.0620. The van der Waals surface area contributed by atoms with Gasteiger partial charge < -0.3 is 9.84 Å². The van der Waals surface area contributed by atoms with Crippen molar-refractivity contribution in [1.29, 1.82) is 0 Å². The number of aliphatic carboxylic acids is 1. The Hall–Kier alpha value is -1.35. The van der Waals surface area contributed by atoms with E-state index in [2.05, 4.69) is 0 Å². The molecule has 0 saturated heterocycles. The molecular weight excluding hydrogens is 192 g/mol. The zero-order chi connectivity index (χ0) is 11.3. The topological polar surface area (TPSA) is 46.5 Å². The van der Waals surface area contributed by atoms with Gasteiger partial charge in [-0.2, -0.15) is 0 Å². The van der Waals surface area contributed by atoms with E-state index in [0.717, 1.165) is 5.56 Å². The van der Waals surface area contributed by atoms with Crippen LogP contribution in [0.4, 0.5) is 0 Å². The highest BCUT2D eigenvalue weighted by atomic mass is 16.5. The van der Waals surface area contributed by atoms with Gasteiger partial charge in [-0.3, -0.25) is 4.79 Å². The van der Waals surface area contributed by atoms with Crippen LogP contribution in [0.3, 0.4) is 0 Å². The molecule has 0 spiro atoms. The van der Waals surface area contributed by atoms with E-state index in [-0.39, 0.29) is 12.7 Å². The highest BCUT2D eigenvalue weighted by Gasteiger charge is 2.13. The van der Waals surface area contributed by atoms with Crippen LogP contribution in [-0.2, 0) is 9.53 Å². The first-order valence-corrected chi connectivity index (χ1v) is 5.00. The van der Waals surface area contributed by atoms with Gasteiger partial charge in [-0.25, -0.2) is 0 Å². The van der Waals surface area contributed by atoms with Gasteiger partial charge in [0.1, 0.15) is 0 Å². The molecule has 1 aromatic carbocycles. The lowest BCUT2D eigenvalue weighted by Gasteiger charge is -2.15. The van der Waals surface area contributed by atoms with Gasteiger partial charge in [0.15, 0.2) is 0 Å². The van der Waals surface area contributed by atoms with Gasteiger partial charge in [0.2, 0.25) is 0 Å². The summed E-state index contributed by atoms with van der Waals surface area (Å²) in [4.78, 5) is 10.6. The Morgan fingerprint density at radius 2 is 1.93 bits per heavy atom. The average Bonchev–Trinajstić information content (AvgIpc) is 2.26. The summed E-state index contributed by atoms with van der Waals surface area (Å²) in [5.74, 6) is -1.29. The van der Waals surface area contributed by atoms with Crippen LogP contribution in [0.15, 0.2) is 30.3 Å². The monoisotopic (exact) mass is 208 g/mol. The fourth-order valence-corrected chi connectivity index (χ4v) is 1.18. The summed E-state index contributed by atoms with van der Waals surface area (Å²) in [6.45, 7) is 3.80. The van der Waals surface area contributed by atoms with Crippen LogP contribution in [0, 0.1) is 5.92 Å². The smallest absolute Gasteiger partial charge is 0.308 e. The summed E-state index contributed by atoms with van der Waals surface area (Å²) >= 11 is 0. The molecule has 82 valence electrons. The van der Waals surface area contributed by atoms with Crippen molar-refractivity contribution in [1.82, 2.24) is 0 Å². The minimum atomic E-state index is -0.824. The first-order chi connectivity index (χ1) is 7.11. The van der Waals surface area contributed by atoms with E-state index in [1.54, 1.807) is 6.92 Å². The van der Waals surface area contributed by atoms with Crippen LogP contribution < -0.4 is 0 Å². The van der Waals surface area contributed by atoms with E-state index in [1.165, 1.54) is 0 Å². The van der Waals surface area contributed by atoms with Gasteiger partial charge >= 0.3 is 5.97 Å². The van der Waals surface area contributed by atoms with Gasteiger partial charge in [-0.15, -0.1) is 0 Å². The number of benzene rings is 1. The molecule has 0 fully saturated rings. The van der Waals surface area contributed by atoms with Crippen molar-refractivity contribution in [2.75, 3.05) is 6.61 Å². The third-order valence-electron chi connectivity index (χ3n) is 2.29. The van der Waals surface area contributed by atoms with Crippen molar-refractivity contribution < 1.29 is 14.6 Å². The van der Waals surface area contributed by atoms with E-state index < -0.39 is 11.9 Å². The maximum Gasteiger partial charge on any atom is 0.308 e. The zero-order valence-corrected chi connectivity index (χ0v) is 9.01. The van der Waals surface area contributed by atoms with Crippen LogP contribution >= 0.6 is 0 Å². The van der Waals surface area contributed by atoms with E-state index in [1.807, 2.05) is 37.3 Å². The van der Waals surface area contributed by atoms with Crippen molar-refractivity contribution in [2.24, 2.45) is 5.92 Å². The molecule has 3 nitrogen and oxygen atoms in total. The molecule has 0 heterocycles. The van der Waals surface area contributed by atoms with Gasteiger partial charge in [-0.05, 0) is 19.4 Å². The second-order valence-electron chi connectivity index (χ2n) is 3.63. The number of carbonyl (C=O) groups is 1. The lowest BCUT2D eigenvalue weighted by Crippen LogP contribution is -2.17. The van der Waals surface area contributed by atoms with Crippen molar-refractivity contribution in [3.63, 3.8) is 0 Å². The molecule has 2 atom stereocenters. The third kappa shape index (κ3) is 3.72. The predicted molar refractivity (Wildman–Crippen MR) is 57.6 cm³/mol. The number of rotatable bonds is 5. The summed E-state index contributed by atoms with van der Waals surface area (Å²) in [6, 6.07) is 9.76. The van der Waals surface area contributed by atoms with Crippen LogP contribution in [0.25, 0.3) is 0 Å². The second-order valence-corrected chi connectivity index (χ2v) is 3.63. The van der Waals surface area contributed by atoms with E-state index in [9.17, 15) is 4.79 Å². The van der Waals surface area contributed by atoms with E-state index in [0.29, 0.717) is 0 Å². The van der Waals surface area contributed by atoms with Gasteiger partial charge in [0.25, 0.3) is 0 Å². The maximum atomic E-state index is 10.6. The fourth-order valence-electron chi connectivity index (χ4n) is 1.18. The maximum absolute atomic E-state index is 10.6. The Bertz CT molecular complexity index is 308. The largest absolute Gasteiger partial charge is 0.481 e. The molecule has 0 aliphatic heterocycles. The molecule has 2 unspecified atom stereocenters. The lowest BCUT2D eigenvalue weighted by atomic mass is 10.1. The quantitative estimate of drug-likeness (QED) is 0.808. The Morgan fingerprint density at radius 1 is 1.33 bits per heavy atom. The molecule has 0 saturated carbocycles. The molecule has 0 aliphatic rings. The second kappa shape index (κ2) is 5.51. The first kappa shape index (κ1) is 11.7. The van der Waals surface area contributed by atoms with Crippen molar-refractivity contribution in [3.05, 3.63) is 35.9 Å². The van der Waals surface area contributed by atoms with Crippen LogP contribution in [-0.4, -0.2) is 17.7 Å². The van der Waals surface area contributed by atoms with Gasteiger partial charge in [0, 0.05) is 0 Å². The van der Waals surface area contributed by atoms with Crippen molar-refractivity contribution >= 4 is 5.97 Å². The zero-order valence-electron chi connectivity index (χ0n) is 9.01. The third-order valence-corrected chi connectivity index (χ3v) is 2.29.